The highest BCUT2D eigenvalue weighted by atomic mass is 16.6. The van der Waals surface area contributed by atoms with E-state index in [2.05, 4.69) is 168 Å². The smallest absolute Gasteiger partial charge is 0.120 e. The van der Waals surface area contributed by atoms with Crippen LogP contribution in [-0.4, -0.2) is 214 Å². The highest BCUT2D eigenvalue weighted by molar-refractivity contribution is 6.20. The van der Waals surface area contributed by atoms with E-state index in [9.17, 15) is 5.11 Å². The fourth-order valence-corrected chi connectivity index (χ4v) is 15.2. The van der Waals surface area contributed by atoms with Crippen molar-refractivity contribution in [3.8, 4) is 17.2 Å². The number of rotatable bonds is 36. The van der Waals surface area contributed by atoms with E-state index < -0.39 is 0 Å². The molecule has 0 aliphatic rings. The molecule has 23 heteroatoms. The van der Waals surface area contributed by atoms with E-state index >= 15 is 0 Å². The molecule has 16 rings (SSSR count). The first-order chi connectivity index (χ1) is 56.3. The number of aromatic hydroxyl groups is 1. The van der Waals surface area contributed by atoms with E-state index in [0.717, 1.165) is 60.8 Å². The van der Waals surface area contributed by atoms with Gasteiger partial charge < -0.3 is 92.1 Å². The van der Waals surface area contributed by atoms with E-state index in [1.54, 1.807) is 6.07 Å². The summed E-state index contributed by atoms with van der Waals surface area (Å²) in [6.45, 7) is 27.9. The number of fused-ring (bicyclic) bond motifs is 16. The minimum atomic E-state index is 0.0359. The summed E-state index contributed by atoms with van der Waals surface area (Å²) in [5.74, 6) is 1.93. The number of hydrogen-bond donors (Lipinski definition) is 7. The first kappa shape index (κ1) is 82.5. The number of aliphatic hydroxyl groups excluding tert-OH is 2. The van der Waals surface area contributed by atoms with Crippen molar-refractivity contribution in [1.82, 2.24) is 39.9 Å². The molecule has 0 fully saturated rings. The summed E-state index contributed by atoms with van der Waals surface area (Å²) < 4.78 is 66.1. The molecule has 0 amide bonds. The fraction of sp³-hybridized carbons (Fsp3) is 0.348. The van der Waals surface area contributed by atoms with Gasteiger partial charge in [-0.1, -0.05) is 18.2 Å². The minimum absolute atomic E-state index is 0.0359. The number of ether oxygens (including phenoxy) is 12. The maximum atomic E-state index is 9.76. The lowest BCUT2D eigenvalue weighted by Crippen LogP contribution is -2.15. The molecular weight excluding hydrogens is 1460 g/mol. The number of nitrogens with one attached hydrogen (secondary N) is 4. The standard InChI is InChI=1S/C46H50N4O7.C17H14N2O.C17H14N2.C12H26O7/c1-29-39-27-47-11-9-35(39)31(3)45-43(29)37-25-33(5-7-41(37)49-45)56-23-21-54-19-17-52-15-13-51-14-16-53-18-20-55-22-24-57-34-6-8-42-38(26-34)44-30(2)40-28-48-12-10-36(40)32(4)46(44)50-42;1-9-14-8-18-6-5-12(14)10(2)17-16(9)13-7-11(20)3-4-15(13)19-17;1-10-14-9-18-8-7-12(14)11(2)17-16(10)13-5-3-4-6-15(13)19-17;13-1-3-15-5-7-17-9-11-19-12-10-18-8-6-16-4-2-14/h5-12,25-28,49-50H,13-24H2,1-4H3;3-8,19-20H,1-2H3;3-9,19H,1-2H3;13-14H,1-12H2. The van der Waals surface area contributed by atoms with Crippen LogP contribution in [0.3, 0.4) is 0 Å². The maximum Gasteiger partial charge on any atom is 0.120 e. The van der Waals surface area contributed by atoms with Crippen molar-refractivity contribution < 1.29 is 72.2 Å². The Morgan fingerprint density at radius 3 is 0.826 bits per heavy atom. The van der Waals surface area contributed by atoms with E-state index in [4.69, 9.17) is 67.1 Å². The van der Waals surface area contributed by atoms with Crippen molar-refractivity contribution in [2.45, 2.75) is 55.4 Å². The summed E-state index contributed by atoms with van der Waals surface area (Å²) in [4.78, 5) is 31.5. The molecule has 16 aromatic rings. The topological polar surface area (TPSA) is 286 Å². The van der Waals surface area contributed by atoms with Crippen molar-refractivity contribution >= 4 is 130 Å². The summed E-state index contributed by atoms with van der Waals surface area (Å²) in [6, 6.07) is 34.6. The lowest BCUT2D eigenvalue weighted by atomic mass is 9.97. The quantitative estimate of drug-likeness (QED) is 0.0180. The van der Waals surface area contributed by atoms with E-state index in [1.807, 2.05) is 73.8 Å². The zero-order chi connectivity index (χ0) is 80.0. The molecule has 0 aliphatic carbocycles. The van der Waals surface area contributed by atoms with Gasteiger partial charge in [-0.05, 0) is 206 Å². The van der Waals surface area contributed by atoms with Crippen molar-refractivity contribution in [2.75, 3.05) is 159 Å². The molecule has 602 valence electrons. The first-order valence-electron chi connectivity index (χ1n) is 39.4. The molecule has 7 N–H and O–H groups in total. The van der Waals surface area contributed by atoms with Crippen LogP contribution in [0.5, 0.6) is 17.2 Å². The van der Waals surface area contributed by atoms with Gasteiger partial charge in [0.05, 0.1) is 167 Å². The lowest BCUT2D eigenvalue weighted by molar-refractivity contribution is -0.0151. The normalized spacial score (nSPS) is 11.7. The van der Waals surface area contributed by atoms with Gasteiger partial charge in [-0.25, -0.2) is 0 Å². The second-order valence-electron chi connectivity index (χ2n) is 28.1. The van der Waals surface area contributed by atoms with Gasteiger partial charge in [-0.3, -0.25) is 19.9 Å². The number of pyridine rings is 4. The number of phenols is 1. The zero-order valence-corrected chi connectivity index (χ0v) is 66.9. The molecule has 8 aromatic carbocycles. The molecule has 115 heavy (non-hydrogen) atoms. The highest BCUT2D eigenvalue weighted by Crippen LogP contribution is 2.42. The number of phenolic OH excluding ortho intramolecular Hbond substituents is 1. The van der Waals surface area contributed by atoms with Crippen molar-refractivity contribution in [1.29, 1.82) is 0 Å². The van der Waals surface area contributed by atoms with Crippen molar-refractivity contribution in [2.24, 2.45) is 0 Å². The van der Waals surface area contributed by atoms with Crippen LogP contribution in [0.2, 0.25) is 0 Å². The molecule has 0 saturated carbocycles. The predicted octanol–water partition coefficient (Wildman–Crippen LogP) is 16.6. The zero-order valence-electron chi connectivity index (χ0n) is 66.9. The van der Waals surface area contributed by atoms with Crippen LogP contribution in [0.4, 0.5) is 0 Å². The number of aromatic nitrogens is 8. The number of aliphatic hydroxyl groups is 2. The average molecular weight is 1560 g/mol. The number of nitrogens with zero attached hydrogens (tertiary/aromatic N) is 4. The van der Waals surface area contributed by atoms with Crippen LogP contribution in [0, 0.1) is 55.4 Å². The fourth-order valence-electron chi connectivity index (χ4n) is 15.2. The SMILES string of the molecule is Cc1c2ccncc2c(C)c2c1[nH]c1ccc(O)cc12.Cc1c2ccncc2c(C)c2c1[nH]c1ccc(OCCOCCOCCOCCOCCOCCOc3ccc4[nH]c5c(C)c6ccncc6c(C)c5c4c3)cc12.Cc1c2ccncc2c(C)c2c1[nH]c1ccccc12.OCCOCCOCCOCCOCCOCCO. The number of benzene rings is 8. The Bertz CT molecular complexity index is 5740. The van der Waals surface area contributed by atoms with Crippen LogP contribution in [-0.2, 0) is 47.4 Å². The number of para-hydroxylation sites is 1. The van der Waals surface area contributed by atoms with Crippen molar-refractivity contribution in [3.63, 3.8) is 0 Å². The summed E-state index contributed by atoms with van der Waals surface area (Å²) >= 11 is 0. The van der Waals surface area contributed by atoms with Gasteiger partial charge in [0.25, 0.3) is 0 Å². The first-order valence-corrected chi connectivity index (χ1v) is 39.4. The van der Waals surface area contributed by atoms with E-state index in [-0.39, 0.29) is 13.2 Å². The summed E-state index contributed by atoms with van der Waals surface area (Å²) in [6.07, 6.45) is 15.2. The molecule has 23 nitrogen and oxygen atoms in total. The van der Waals surface area contributed by atoms with Gasteiger partial charge in [-0.2, -0.15) is 0 Å². The Hall–Kier alpha value is -10.5. The molecule has 8 aromatic heterocycles. The van der Waals surface area contributed by atoms with Gasteiger partial charge in [0.15, 0.2) is 0 Å². The van der Waals surface area contributed by atoms with Crippen molar-refractivity contribution in [3.05, 3.63) is 197 Å². The summed E-state index contributed by atoms with van der Waals surface area (Å²) in [5, 5.41) is 46.0. The van der Waals surface area contributed by atoms with Gasteiger partial charge >= 0.3 is 0 Å². The number of H-pyrrole nitrogens is 4. The lowest BCUT2D eigenvalue weighted by Gasteiger charge is -2.10. The van der Waals surface area contributed by atoms with E-state index in [0.29, 0.717) is 151 Å². The molecular formula is C92H104N8O15. The minimum Gasteiger partial charge on any atom is -0.508 e. The summed E-state index contributed by atoms with van der Waals surface area (Å²) in [5.41, 5.74) is 19.1. The van der Waals surface area contributed by atoms with Crippen LogP contribution in [0.15, 0.2) is 153 Å². The monoisotopic (exact) mass is 1560 g/mol. The van der Waals surface area contributed by atoms with Crippen LogP contribution >= 0.6 is 0 Å². The predicted molar refractivity (Wildman–Crippen MR) is 457 cm³/mol. The maximum absolute atomic E-state index is 9.76. The van der Waals surface area contributed by atoms with Crippen LogP contribution < -0.4 is 9.47 Å². The molecule has 8 heterocycles. The molecule has 0 atom stereocenters. The third kappa shape index (κ3) is 19.6. The molecule has 0 spiro atoms. The molecule has 0 bridgehead atoms. The van der Waals surface area contributed by atoms with Gasteiger partial charge in [0.2, 0.25) is 0 Å². The Morgan fingerprint density at radius 1 is 0.252 bits per heavy atom. The molecule has 0 unspecified atom stereocenters. The van der Waals surface area contributed by atoms with Gasteiger partial charge in [0, 0.05) is 136 Å². The Labute approximate surface area is 667 Å². The third-order valence-corrected chi connectivity index (χ3v) is 21.0. The van der Waals surface area contributed by atoms with Gasteiger partial charge in [0.1, 0.15) is 30.5 Å². The van der Waals surface area contributed by atoms with E-state index in [1.165, 1.54) is 126 Å². The second-order valence-corrected chi connectivity index (χ2v) is 28.1. The number of aromatic amines is 4. The Morgan fingerprint density at radius 2 is 0.513 bits per heavy atom. The summed E-state index contributed by atoms with van der Waals surface area (Å²) in [7, 11) is 0. The molecule has 0 radical (unpaired) electrons. The second kappa shape index (κ2) is 40.7. The molecule has 0 aliphatic heterocycles. The highest BCUT2D eigenvalue weighted by Gasteiger charge is 2.20. The Balaban J connectivity index is 0.000000160. The Kier molecular flexibility index (Phi) is 29.2. The number of hydrogen-bond acceptors (Lipinski definition) is 19. The van der Waals surface area contributed by atoms with Crippen LogP contribution in [0.1, 0.15) is 44.5 Å². The average Bonchev–Trinajstić information content (AvgIpc) is 1.63. The molecule has 0 saturated heterocycles. The third-order valence-electron chi connectivity index (χ3n) is 21.0. The van der Waals surface area contributed by atoms with Crippen LogP contribution in [0.25, 0.3) is 130 Å². The largest absolute Gasteiger partial charge is 0.508 e. The van der Waals surface area contributed by atoms with Gasteiger partial charge in [-0.15, -0.1) is 0 Å². The number of aryl methyl sites for hydroxylation is 8.